The second kappa shape index (κ2) is 9.07. The third kappa shape index (κ3) is 4.49. The number of ether oxygens (including phenoxy) is 2. The van der Waals surface area contributed by atoms with E-state index in [1.165, 1.54) is 42.7 Å². The van der Waals surface area contributed by atoms with Gasteiger partial charge in [-0.25, -0.2) is 4.79 Å². The number of carbonyl (C=O) groups is 1. The van der Waals surface area contributed by atoms with Gasteiger partial charge < -0.3 is 13.9 Å². The monoisotopic (exact) mass is 468 g/mol. The Hall–Kier alpha value is -3.28. The zero-order valence-corrected chi connectivity index (χ0v) is 18.7. The molecule has 5 nitrogen and oxygen atoms in total. The van der Waals surface area contributed by atoms with Crippen LogP contribution in [0.1, 0.15) is 35.7 Å². The molecule has 3 aromatic carbocycles. The van der Waals surface area contributed by atoms with Crippen molar-refractivity contribution in [3.63, 3.8) is 0 Å². The number of carbonyl (C=O) groups excluding carboxylic acids is 1. The summed E-state index contributed by atoms with van der Waals surface area (Å²) in [6, 6.07) is 16.5. The molecule has 0 saturated carbocycles. The summed E-state index contributed by atoms with van der Waals surface area (Å²) in [6.45, 7) is 4.09. The Balaban J connectivity index is 1.60. The van der Waals surface area contributed by atoms with Crippen LogP contribution in [-0.4, -0.2) is 5.97 Å². The second-order valence-corrected chi connectivity index (χ2v) is 8.21. The van der Waals surface area contributed by atoms with Crippen molar-refractivity contribution in [3.8, 4) is 17.2 Å². The lowest BCUT2D eigenvalue weighted by Gasteiger charge is -2.13. The van der Waals surface area contributed by atoms with Crippen molar-refractivity contribution in [2.24, 2.45) is 0 Å². The maximum atomic E-state index is 12.9. The van der Waals surface area contributed by atoms with Crippen molar-refractivity contribution in [2.75, 3.05) is 0 Å². The van der Waals surface area contributed by atoms with Crippen LogP contribution in [0.2, 0.25) is 10.0 Å². The van der Waals surface area contributed by atoms with Crippen LogP contribution in [0.5, 0.6) is 17.2 Å². The van der Waals surface area contributed by atoms with Crippen molar-refractivity contribution in [3.05, 3.63) is 98.3 Å². The van der Waals surface area contributed by atoms with Crippen LogP contribution in [0.25, 0.3) is 11.0 Å². The van der Waals surface area contributed by atoms with Crippen molar-refractivity contribution in [1.82, 2.24) is 0 Å². The molecule has 0 fully saturated rings. The Labute approximate surface area is 194 Å². The fourth-order valence-corrected chi connectivity index (χ4v) is 3.48. The summed E-state index contributed by atoms with van der Waals surface area (Å²) < 4.78 is 16.8. The molecule has 0 aliphatic rings. The third-order valence-corrected chi connectivity index (χ3v) is 5.58. The number of hydrogen-bond acceptors (Lipinski definition) is 5. The maximum Gasteiger partial charge on any atom is 0.343 e. The molecule has 0 bridgehead atoms. The van der Waals surface area contributed by atoms with Crippen LogP contribution in [0.4, 0.5) is 0 Å². The van der Waals surface area contributed by atoms with Gasteiger partial charge in [-0.15, -0.1) is 0 Å². The van der Waals surface area contributed by atoms with Gasteiger partial charge in [-0.2, -0.15) is 0 Å². The minimum Gasteiger partial charge on any atom is -0.460 e. The van der Waals surface area contributed by atoms with Gasteiger partial charge >= 0.3 is 5.97 Å². The highest BCUT2D eigenvalue weighted by molar-refractivity contribution is 6.42. The van der Waals surface area contributed by atoms with Crippen LogP contribution < -0.4 is 14.9 Å². The molecule has 0 atom stereocenters. The molecule has 162 valence electrons. The number of hydrogen-bond donors (Lipinski definition) is 0. The number of benzene rings is 3. The third-order valence-electron chi connectivity index (χ3n) is 4.84. The molecule has 4 aromatic rings. The van der Waals surface area contributed by atoms with E-state index < -0.39 is 5.97 Å². The van der Waals surface area contributed by atoms with Crippen molar-refractivity contribution < 1.29 is 18.7 Å². The highest BCUT2D eigenvalue weighted by Crippen LogP contribution is 2.30. The van der Waals surface area contributed by atoms with E-state index in [2.05, 4.69) is 0 Å². The molecule has 7 heteroatoms. The smallest absolute Gasteiger partial charge is 0.343 e. The fraction of sp³-hybridized carbons (Fsp3) is 0.120. The highest BCUT2D eigenvalue weighted by atomic mass is 35.5. The molecule has 0 aliphatic heterocycles. The first-order valence-corrected chi connectivity index (χ1v) is 10.6. The van der Waals surface area contributed by atoms with E-state index >= 15 is 0 Å². The van der Waals surface area contributed by atoms with E-state index in [0.29, 0.717) is 16.2 Å². The first kappa shape index (κ1) is 21.9. The molecule has 0 unspecified atom stereocenters. The average molecular weight is 469 g/mol. The Morgan fingerprint density at radius 3 is 2.47 bits per heavy atom. The number of esters is 1. The summed E-state index contributed by atoms with van der Waals surface area (Å²) in [5.74, 6) is 0.505. The predicted octanol–water partition coefficient (Wildman–Crippen LogP) is 7.23. The van der Waals surface area contributed by atoms with Gasteiger partial charge in [0.25, 0.3) is 0 Å². The van der Waals surface area contributed by atoms with Crippen LogP contribution in [0, 0.1) is 0 Å². The van der Waals surface area contributed by atoms with Gasteiger partial charge in [0, 0.05) is 6.07 Å². The lowest BCUT2D eigenvalue weighted by molar-refractivity contribution is 0.0735. The van der Waals surface area contributed by atoms with Gasteiger partial charge in [0.15, 0.2) is 0 Å². The van der Waals surface area contributed by atoms with E-state index in [9.17, 15) is 9.59 Å². The summed E-state index contributed by atoms with van der Waals surface area (Å²) in [7, 11) is 0. The van der Waals surface area contributed by atoms with Gasteiger partial charge in [0.05, 0.1) is 21.0 Å². The molecule has 0 aliphatic carbocycles. The van der Waals surface area contributed by atoms with Gasteiger partial charge in [0.2, 0.25) is 11.2 Å². The van der Waals surface area contributed by atoms with Gasteiger partial charge in [-0.05, 0) is 47.9 Å². The molecular formula is C25H18Cl2O5. The maximum absolute atomic E-state index is 12.9. The number of halogens is 2. The summed E-state index contributed by atoms with van der Waals surface area (Å²) in [5.41, 5.74) is 1.16. The predicted molar refractivity (Wildman–Crippen MR) is 125 cm³/mol. The summed E-state index contributed by atoms with van der Waals surface area (Å²) in [4.78, 5) is 25.3. The minimum atomic E-state index is -0.615. The Morgan fingerprint density at radius 1 is 0.938 bits per heavy atom. The topological polar surface area (TPSA) is 65.7 Å². The highest BCUT2D eigenvalue weighted by Gasteiger charge is 2.15. The lowest BCUT2D eigenvalue weighted by atomic mass is 10.0. The number of fused-ring (bicyclic) bond motifs is 1. The van der Waals surface area contributed by atoms with Crippen molar-refractivity contribution >= 4 is 40.1 Å². The fourth-order valence-electron chi connectivity index (χ4n) is 3.18. The van der Waals surface area contributed by atoms with Crippen LogP contribution >= 0.6 is 23.2 Å². The Morgan fingerprint density at radius 2 is 1.72 bits per heavy atom. The standard InChI is InChI=1S/C25H18Cl2O5/c1-14(2)17-5-3-4-6-21(17)32-23-13-30-22-12-16(8-9-18(22)24(23)28)31-25(29)15-7-10-19(26)20(27)11-15/h3-14H,1-2H3. The molecule has 0 amide bonds. The second-order valence-electron chi connectivity index (χ2n) is 7.40. The SMILES string of the molecule is CC(C)c1ccccc1Oc1coc2cc(OC(=O)c3ccc(Cl)c(Cl)c3)ccc2c1=O. The van der Waals surface area contributed by atoms with E-state index in [1.54, 1.807) is 0 Å². The first-order valence-electron chi connectivity index (χ1n) is 9.83. The normalized spacial score (nSPS) is 11.0. The van der Waals surface area contributed by atoms with Gasteiger partial charge in [-0.1, -0.05) is 55.2 Å². The summed E-state index contributed by atoms with van der Waals surface area (Å²) in [6.07, 6.45) is 1.26. The van der Waals surface area contributed by atoms with Crippen LogP contribution in [-0.2, 0) is 0 Å². The lowest BCUT2D eigenvalue weighted by Crippen LogP contribution is -2.09. The van der Waals surface area contributed by atoms with Crippen LogP contribution in [0.15, 0.2) is 76.1 Å². The zero-order chi connectivity index (χ0) is 22.8. The van der Waals surface area contributed by atoms with Crippen molar-refractivity contribution in [1.29, 1.82) is 0 Å². The molecular weight excluding hydrogens is 451 g/mol. The van der Waals surface area contributed by atoms with E-state index in [1.807, 2.05) is 38.1 Å². The van der Waals surface area contributed by atoms with E-state index in [-0.39, 0.29) is 39.0 Å². The molecule has 4 rings (SSSR count). The van der Waals surface area contributed by atoms with Crippen LogP contribution in [0.3, 0.4) is 0 Å². The summed E-state index contributed by atoms with van der Waals surface area (Å²) >= 11 is 11.8. The molecule has 1 heterocycles. The average Bonchev–Trinajstić information content (AvgIpc) is 2.77. The number of para-hydroxylation sites is 1. The first-order chi connectivity index (χ1) is 15.3. The molecule has 0 N–H and O–H groups in total. The van der Waals surface area contributed by atoms with Crippen molar-refractivity contribution in [2.45, 2.75) is 19.8 Å². The van der Waals surface area contributed by atoms with E-state index in [0.717, 1.165) is 5.56 Å². The summed E-state index contributed by atoms with van der Waals surface area (Å²) in [5, 5.41) is 0.890. The van der Waals surface area contributed by atoms with E-state index in [4.69, 9.17) is 37.1 Å². The minimum absolute atomic E-state index is 0.0751. The Bertz CT molecular complexity index is 1370. The van der Waals surface area contributed by atoms with Gasteiger partial charge in [0.1, 0.15) is 23.3 Å². The molecule has 32 heavy (non-hydrogen) atoms. The Kier molecular flexibility index (Phi) is 6.21. The largest absolute Gasteiger partial charge is 0.460 e. The molecule has 1 aromatic heterocycles. The molecule has 0 spiro atoms. The molecule has 0 radical (unpaired) electrons. The molecule has 0 saturated heterocycles. The zero-order valence-electron chi connectivity index (χ0n) is 17.2. The quantitative estimate of drug-likeness (QED) is 0.228. The number of rotatable bonds is 5. The van der Waals surface area contributed by atoms with Gasteiger partial charge in [-0.3, -0.25) is 4.79 Å².